The molecule has 0 unspecified atom stereocenters. The molecule has 1 aromatic carbocycles. The van der Waals surface area contributed by atoms with Gasteiger partial charge in [0.15, 0.2) is 0 Å². The largest absolute Gasteiger partial charge is 0.462 e. The van der Waals surface area contributed by atoms with E-state index in [9.17, 15) is 14.0 Å². The van der Waals surface area contributed by atoms with Crippen LogP contribution in [0.1, 0.15) is 52.0 Å². The van der Waals surface area contributed by atoms with Gasteiger partial charge in [0.25, 0.3) is 0 Å². The van der Waals surface area contributed by atoms with E-state index < -0.39 is 17.8 Å². The lowest BCUT2D eigenvalue weighted by Crippen LogP contribution is -2.20. The van der Waals surface area contributed by atoms with E-state index in [2.05, 4.69) is 20.4 Å². The third kappa shape index (κ3) is 3.55. The minimum Gasteiger partial charge on any atom is -0.462 e. The number of carbonyl (C=O) groups excluding carboxylic acids is 2. The highest BCUT2D eigenvalue weighted by Gasteiger charge is 2.27. The summed E-state index contributed by atoms with van der Waals surface area (Å²) in [6.07, 6.45) is 0. The normalized spacial score (nSPS) is 12.0. The molecule has 0 saturated carbocycles. The Kier molecular flexibility index (Phi) is 5.34. The molecule has 146 valence electrons. The average Bonchev–Trinajstić information content (AvgIpc) is 3.25. The molecule has 0 saturated heterocycles. The number of halogens is 1. The zero-order chi connectivity index (χ0) is 20.4. The first-order valence-electron chi connectivity index (χ1n) is 8.79. The fraction of sp³-hybridized carbons (Fsp3) is 0.316. The molecule has 1 N–H and O–H groups in total. The van der Waals surface area contributed by atoms with Gasteiger partial charge in [-0.1, -0.05) is 12.1 Å². The summed E-state index contributed by atoms with van der Waals surface area (Å²) in [5, 5.41) is 12.0. The first-order chi connectivity index (χ1) is 13.3. The predicted octanol–water partition coefficient (Wildman–Crippen LogP) is 3.04. The Balaban J connectivity index is 1.88. The number of esters is 1. The quantitative estimate of drug-likeness (QED) is 0.517. The molecule has 0 spiro atoms. The average molecular weight is 385 g/mol. The number of ether oxygens (including phenoxy) is 1. The summed E-state index contributed by atoms with van der Waals surface area (Å²) in [4.78, 5) is 29.2. The second-order valence-electron chi connectivity index (χ2n) is 6.33. The minimum absolute atomic E-state index is 0.214. The van der Waals surface area contributed by atoms with Crippen molar-refractivity contribution in [2.45, 2.75) is 33.7 Å². The molecule has 1 atom stereocenters. The van der Waals surface area contributed by atoms with Crippen LogP contribution in [0, 0.1) is 19.7 Å². The molecule has 2 heterocycles. The summed E-state index contributed by atoms with van der Waals surface area (Å²) in [7, 11) is 0. The van der Waals surface area contributed by atoms with Crippen LogP contribution in [0.25, 0.3) is 11.4 Å². The fourth-order valence-corrected chi connectivity index (χ4v) is 2.95. The van der Waals surface area contributed by atoms with Gasteiger partial charge in [-0.3, -0.25) is 4.79 Å². The number of H-pyrrole nitrogens is 1. The van der Waals surface area contributed by atoms with Crippen LogP contribution in [0.5, 0.6) is 0 Å². The van der Waals surface area contributed by atoms with Crippen LogP contribution in [0.2, 0.25) is 0 Å². The maximum absolute atomic E-state index is 13.4. The van der Waals surface area contributed by atoms with Crippen molar-refractivity contribution in [1.82, 2.24) is 25.2 Å². The number of carbonyl (C=O) groups is 2. The number of ketones is 1. The molecule has 8 nitrogen and oxygen atoms in total. The van der Waals surface area contributed by atoms with Crippen molar-refractivity contribution >= 4 is 11.8 Å². The Morgan fingerprint density at radius 3 is 2.75 bits per heavy atom. The third-order valence-corrected chi connectivity index (χ3v) is 4.40. The van der Waals surface area contributed by atoms with E-state index in [1.165, 1.54) is 16.9 Å². The Morgan fingerprint density at radius 2 is 2.07 bits per heavy atom. The Labute approximate surface area is 160 Å². The van der Waals surface area contributed by atoms with Gasteiger partial charge in [-0.2, -0.15) is 4.80 Å². The summed E-state index contributed by atoms with van der Waals surface area (Å²) in [5.74, 6) is -0.986. The fourth-order valence-electron chi connectivity index (χ4n) is 2.95. The lowest BCUT2D eigenvalue weighted by Gasteiger charge is -2.08. The van der Waals surface area contributed by atoms with E-state index in [0.29, 0.717) is 22.4 Å². The van der Waals surface area contributed by atoms with Gasteiger partial charge in [-0.25, -0.2) is 9.18 Å². The number of hydrogen-bond acceptors (Lipinski definition) is 6. The molecule has 0 amide bonds. The zero-order valence-electron chi connectivity index (χ0n) is 16.0. The number of aryl methyl sites for hydroxylation is 1. The monoisotopic (exact) mass is 385 g/mol. The van der Waals surface area contributed by atoms with E-state index >= 15 is 0 Å². The van der Waals surface area contributed by atoms with Crippen LogP contribution < -0.4 is 0 Å². The molecule has 28 heavy (non-hydrogen) atoms. The molecule has 3 rings (SSSR count). The van der Waals surface area contributed by atoms with Gasteiger partial charge in [0, 0.05) is 11.3 Å². The van der Waals surface area contributed by atoms with Crippen molar-refractivity contribution in [2.24, 2.45) is 0 Å². The molecule has 9 heteroatoms. The van der Waals surface area contributed by atoms with E-state index in [1.807, 2.05) is 0 Å². The highest BCUT2D eigenvalue weighted by atomic mass is 19.1. The molecule has 0 aliphatic rings. The lowest BCUT2D eigenvalue weighted by molar-refractivity contribution is 0.0525. The molecule has 2 aromatic heterocycles. The first kappa shape index (κ1) is 19.4. The van der Waals surface area contributed by atoms with Crippen molar-refractivity contribution in [2.75, 3.05) is 6.61 Å². The van der Waals surface area contributed by atoms with Gasteiger partial charge < -0.3 is 9.72 Å². The molecule has 3 aromatic rings. The van der Waals surface area contributed by atoms with Crippen LogP contribution in [-0.2, 0) is 4.74 Å². The number of nitrogens with one attached hydrogen (secondary N) is 1. The van der Waals surface area contributed by atoms with Gasteiger partial charge in [0.2, 0.25) is 11.6 Å². The number of benzene rings is 1. The molecule has 0 radical (unpaired) electrons. The highest BCUT2D eigenvalue weighted by molar-refractivity contribution is 6.03. The summed E-state index contributed by atoms with van der Waals surface area (Å²) in [5.41, 5.74) is 2.17. The smallest absolute Gasteiger partial charge is 0.340 e. The van der Waals surface area contributed by atoms with Gasteiger partial charge in [-0.15, -0.1) is 10.2 Å². The Hall–Kier alpha value is -3.36. The van der Waals surface area contributed by atoms with Gasteiger partial charge in [-0.05, 0) is 50.6 Å². The second-order valence-corrected chi connectivity index (χ2v) is 6.33. The Morgan fingerprint density at radius 1 is 1.32 bits per heavy atom. The van der Waals surface area contributed by atoms with Crippen molar-refractivity contribution in [3.05, 3.63) is 52.6 Å². The van der Waals surface area contributed by atoms with Crippen molar-refractivity contribution < 1.29 is 18.7 Å². The van der Waals surface area contributed by atoms with Crippen molar-refractivity contribution in [3.8, 4) is 11.4 Å². The third-order valence-electron chi connectivity index (χ3n) is 4.40. The minimum atomic E-state index is -0.776. The predicted molar refractivity (Wildman–Crippen MR) is 98.5 cm³/mol. The van der Waals surface area contributed by atoms with Crippen LogP contribution in [0.3, 0.4) is 0 Å². The van der Waals surface area contributed by atoms with Gasteiger partial charge >= 0.3 is 5.97 Å². The molecular formula is C19H20FN5O3. The second kappa shape index (κ2) is 7.71. The van der Waals surface area contributed by atoms with Crippen LogP contribution >= 0.6 is 0 Å². The highest BCUT2D eigenvalue weighted by Crippen LogP contribution is 2.23. The van der Waals surface area contributed by atoms with E-state index in [0.717, 1.165) is 0 Å². The number of nitrogens with zero attached hydrogens (tertiary/aromatic N) is 4. The SMILES string of the molecule is CCOC(=O)c1c(C)[nH]c(C(=O)[C@@H](C)n2nnc(-c3cccc(F)c3)n2)c1C. The maximum Gasteiger partial charge on any atom is 0.340 e. The maximum atomic E-state index is 13.4. The van der Waals surface area contributed by atoms with Gasteiger partial charge in [0.05, 0.1) is 17.9 Å². The van der Waals surface area contributed by atoms with E-state index in [1.54, 1.807) is 39.8 Å². The van der Waals surface area contributed by atoms with Crippen LogP contribution in [-0.4, -0.2) is 43.6 Å². The lowest BCUT2D eigenvalue weighted by atomic mass is 10.1. The van der Waals surface area contributed by atoms with Crippen molar-refractivity contribution in [3.63, 3.8) is 0 Å². The molecule has 0 fully saturated rings. The number of Topliss-reactive ketones (excluding diaryl/α,β-unsaturated/α-hetero) is 1. The first-order valence-corrected chi connectivity index (χ1v) is 8.79. The molecule has 0 bridgehead atoms. The standard InChI is InChI=1S/C19H20FN5O3/c1-5-28-19(27)15-10(2)16(21-11(15)3)17(26)12(4)25-23-18(22-24-25)13-7-6-8-14(20)9-13/h6-9,12,21H,5H2,1-4H3/t12-/m1/s1. The summed E-state index contributed by atoms with van der Waals surface area (Å²) in [6, 6.07) is 5.03. The van der Waals surface area contributed by atoms with E-state index in [-0.39, 0.29) is 23.9 Å². The number of aromatic nitrogens is 5. The summed E-state index contributed by atoms with van der Waals surface area (Å²) in [6.45, 7) is 6.97. The number of tetrazole rings is 1. The van der Waals surface area contributed by atoms with Crippen LogP contribution in [0.15, 0.2) is 24.3 Å². The Bertz CT molecular complexity index is 1040. The topological polar surface area (TPSA) is 103 Å². The van der Waals surface area contributed by atoms with Crippen molar-refractivity contribution in [1.29, 1.82) is 0 Å². The van der Waals surface area contributed by atoms with Gasteiger partial charge in [0.1, 0.15) is 11.9 Å². The number of hydrogen-bond donors (Lipinski definition) is 1. The molecule has 0 aliphatic carbocycles. The van der Waals surface area contributed by atoms with E-state index in [4.69, 9.17) is 4.74 Å². The van der Waals surface area contributed by atoms with Crippen LogP contribution in [0.4, 0.5) is 4.39 Å². The zero-order valence-corrected chi connectivity index (χ0v) is 16.0. The molecule has 0 aliphatic heterocycles. The summed E-state index contributed by atoms with van der Waals surface area (Å²) < 4.78 is 18.4. The number of aromatic amines is 1. The summed E-state index contributed by atoms with van der Waals surface area (Å²) >= 11 is 0. The number of rotatable bonds is 6. The molecular weight excluding hydrogens is 365 g/mol.